The number of anilines is 1. The number of benzene rings is 1. The summed E-state index contributed by atoms with van der Waals surface area (Å²) in [6.45, 7) is 3.09. The first-order valence-corrected chi connectivity index (χ1v) is 9.98. The van der Waals surface area contributed by atoms with Crippen LogP contribution in [-0.4, -0.2) is 46.8 Å². The molecule has 2 atom stereocenters. The number of hydrogen-bond donors (Lipinski definition) is 2. The molecule has 2 N–H and O–H groups in total. The van der Waals surface area contributed by atoms with E-state index >= 15 is 0 Å². The molecule has 1 aromatic carbocycles. The maximum Gasteiger partial charge on any atom is 0.343 e. The van der Waals surface area contributed by atoms with Gasteiger partial charge in [-0.2, -0.15) is 0 Å². The van der Waals surface area contributed by atoms with Crippen molar-refractivity contribution < 1.29 is 14.4 Å². The van der Waals surface area contributed by atoms with Gasteiger partial charge < -0.3 is 19.8 Å². The normalized spacial score (nSPS) is 23.0. The summed E-state index contributed by atoms with van der Waals surface area (Å²) in [4.78, 5) is 14.4. The van der Waals surface area contributed by atoms with E-state index in [1.54, 1.807) is 24.3 Å². The minimum atomic E-state index is -1.05. The zero-order valence-electron chi connectivity index (χ0n) is 15.2. The lowest BCUT2D eigenvalue weighted by atomic mass is 9.83. The molecule has 0 saturated carbocycles. The standard InChI is InChI=1S/C20H24ClN3O3/c21-15-8-6-13(7-9-15)18-17(20(25)26)19(23-27-18)22-12-14-4-3-11-24-10-2-1-5-16(14)24/h6-9,14,16H,1-5,10-12H2,(H,22,23)(H,25,26)/t14-,16+/m0/s1. The molecule has 2 aliphatic heterocycles. The molecule has 6 nitrogen and oxygen atoms in total. The number of halogens is 1. The Morgan fingerprint density at radius 2 is 2.00 bits per heavy atom. The second-order valence-corrected chi connectivity index (χ2v) is 7.87. The predicted molar refractivity (Wildman–Crippen MR) is 104 cm³/mol. The number of carbonyl (C=O) groups is 1. The molecular weight excluding hydrogens is 366 g/mol. The predicted octanol–water partition coefficient (Wildman–Crippen LogP) is 4.37. The monoisotopic (exact) mass is 389 g/mol. The number of rotatable bonds is 5. The lowest BCUT2D eigenvalue weighted by Crippen LogP contribution is -2.49. The van der Waals surface area contributed by atoms with Crippen molar-refractivity contribution in [3.8, 4) is 11.3 Å². The summed E-state index contributed by atoms with van der Waals surface area (Å²) in [6, 6.07) is 7.48. The highest BCUT2D eigenvalue weighted by Crippen LogP contribution is 2.33. The van der Waals surface area contributed by atoms with Crippen LogP contribution in [-0.2, 0) is 0 Å². The van der Waals surface area contributed by atoms with Crippen LogP contribution in [0.4, 0.5) is 5.82 Å². The van der Waals surface area contributed by atoms with Gasteiger partial charge in [0.05, 0.1) is 0 Å². The van der Waals surface area contributed by atoms with E-state index in [0.717, 1.165) is 0 Å². The fourth-order valence-corrected chi connectivity index (χ4v) is 4.58. The Bertz CT molecular complexity index is 803. The fourth-order valence-electron chi connectivity index (χ4n) is 4.45. The fraction of sp³-hybridized carbons (Fsp3) is 0.500. The molecule has 2 saturated heterocycles. The smallest absolute Gasteiger partial charge is 0.343 e. The SMILES string of the molecule is O=C(O)c1c(NC[C@@H]2CCCN3CCCC[C@H]23)noc1-c1ccc(Cl)cc1. The molecule has 27 heavy (non-hydrogen) atoms. The number of hydrogen-bond acceptors (Lipinski definition) is 5. The lowest BCUT2D eigenvalue weighted by molar-refractivity contribution is 0.0648. The maximum absolute atomic E-state index is 11.8. The van der Waals surface area contributed by atoms with Crippen LogP contribution in [0.1, 0.15) is 42.5 Å². The Kier molecular flexibility index (Phi) is 5.36. The van der Waals surface area contributed by atoms with Crippen molar-refractivity contribution in [1.82, 2.24) is 10.1 Å². The van der Waals surface area contributed by atoms with Crippen molar-refractivity contribution in [2.24, 2.45) is 5.92 Å². The summed E-state index contributed by atoms with van der Waals surface area (Å²) < 4.78 is 5.38. The molecule has 0 unspecified atom stereocenters. The van der Waals surface area contributed by atoms with E-state index in [1.807, 2.05) is 0 Å². The van der Waals surface area contributed by atoms with Gasteiger partial charge >= 0.3 is 5.97 Å². The largest absolute Gasteiger partial charge is 0.477 e. The van der Waals surface area contributed by atoms with Crippen molar-refractivity contribution in [2.75, 3.05) is 25.0 Å². The third-order valence-corrected chi connectivity index (χ3v) is 6.02. The molecule has 7 heteroatoms. The van der Waals surface area contributed by atoms with Crippen molar-refractivity contribution in [3.05, 3.63) is 34.9 Å². The number of fused-ring (bicyclic) bond motifs is 1. The average molecular weight is 390 g/mol. The van der Waals surface area contributed by atoms with Crippen molar-refractivity contribution in [2.45, 2.75) is 38.1 Å². The van der Waals surface area contributed by atoms with Crippen molar-refractivity contribution >= 4 is 23.4 Å². The highest BCUT2D eigenvalue weighted by Gasteiger charge is 2.33. The Balaban J connectivity index is 1.52. The van der Waals surface area contributed by atoms with Gasteiger partial charge in [0.25, 0.3) is 0 Å². The molecule has 2 aliphatic rings. The molecular formula is C20H24ClN3O3. The number of aromatic nitrogens is 1. The van der Waals surface area contributed by atoms with Gasteiger partial charge in [0.1, 0.15) is 0 Å². The van der Waals surface area contributed by atoms with Gasteiger partial charge in [0.15, 0.2) is 17.1 Å². The van der Waals surface area contributed by atoms with Crippen LogP contribution in [0, 0.1) is 5.92 Å². The van der Waals surface area contributed by atoms with Gasteiger partial charge in [0, 0.05) is 23.2 Å². The van der Waals surface area contributed by atoms with E-state index in [-0.39, 0.29) is 11.3 Å². The van der Waals surface area contributed by atoms with E-state index in [9.17, 15) is 9.90 Å². The molecule has 3 heterocycles. The molecule has 2 fully saturated rings. The second-order valence-electron chi connectivity index (χ2n) is 7.43. The van der Waals surface area contributed by atoms with Crippen LogP contribution in [0.3, 0.4) is 0 Å². The second kappa shape index (κ2) is 7.90. The third kappa shape index (κ3) is 3.82. The summed E-state index contributed by atoms with van der Waals surface area (Å²) >= 11 is 5.92. The summed E-state index contributed by atoms with van der Waals surface area (Å²) in [6.07, 6.45) is 6.16. The lowest BCUT2D eigenvalue weighted by Gasteiger charge is -2.44. The van der Waals surface area contributed by atoms with Gasteiger partial charge in [0.2, 0.25) is 0 Å². The number of carboxylic acids is 1. The Morgan fingerprint density at radius 1 is 1.22 bits per heavy atom. The van der Waals surface area contributed by atoms with Crippen LogP contribution in [0.2, 0.25) is 5.02 Å². The molecule has 0 radical (unpaired) electrons. The summed E-state index contributed by atoms with van der Waals surface area (Å²) in [5, 5.41) is 17.6. The Morgan fingerprint density at radius 3 is 2.78 bits per heavy atom. The van der Waals surface area contributed by atoms with Gasteiger partial charge in [-0.25, -0.2) is 4.79 Å². The molecule has 144 valence electrons. The highest BCUT2D eigenvalue weighted by atomic mass is 35.5. The highest BCUT2D eigenvalue weighted by molar-refractivity contribution is 6.30. The van der Waals surface area contributed by atoms with Crippen LogP contribution in [0.15, 0.2) is 28.8 Å². The minimum absolute atomic E-state index is 0.0774. The molecule has 4 rings (SSSR count). The van der Waals surface area contributed by atoms with E-state index in [0.29, 0.717) is 34.9 Å². The van der Waals surface area contributed by atoms with Crippen LogP contribution < -0.4 is 5.32 Å². The van der Waals surface area contributed by atoms with Gasteiger partial charge in [-0.05, 0) is 69.0 Å². The van der Waals surface area contributed by atoms with E-state index in [4.69, 9.17) is 16.1 Å². The Hall–Kier alpha value is -2.05. The van der Waals surface area contributed by atoms with E-state index < -0.39 is 5.97 Å². The van der Waals surface area contributed by atoms with E-state index in [1.165, 1.54) is 45.2 Å². The molecule has 2 aromatic rings. The number of piperidine rings is 2. The first kappa shape index (κ1) is 18.3. The first-order valence-electron chi connectivity index (χ1n) is 9.60. The molecule has 0 bridgehead atoms. The molecule has 0 aliphatic carbocycles. The summed E-state index contributed by atoms with van der Waals surface area (Å²) in [5.74, 6) is 0.0213. The zero-order chi connectivity index (χ0) is 18.8. The number of aromatic carboxylic acids is 1. The minimum Gasteiger partial charge on any atom is -0.477 e. The molecule has 0 amide bonds. The topological polar surface area (TPSA) is 78.6 Å². The quantitative estimate of drug-likeness (QED) is 0.790. The number of nitrogens with one attached hydrogen (secondary N) is 1. The van der Waals surface area contributed by atoms with Crippen molar-refractivity contribution in [1.29, 1.82) is 0 Å². The molecule has 0 spiro atoms. The summed E-state index contributed by atoms with van der Waals surface area (Å²) in [5.41, 5.74) is 0.724. The molecule has 1 aromatic heterocycles. The van der Waals surface area contributed by atoms with Crippen LogP contribution in [0.25, 0.3) is 11.3 Å². The van der Waals surface area contributed by atoms with E-state index in [2.05, 4.69) is 15.4 Å². The maximum atomic E-state index is 11.8. The van der Waals surface area contributed by atoms with Crippen molar-refractivity contribution in [3.63, 3.8) is 0 Å². The first-order chi connectivity index (χ1) is 13.1. The Labute approximate surface area is 163 Å². The van der Waals surface area contributed by atoms with Crippen LogP contribution >= 0.6 is 11.6 Å². The van der Waals surface area contributed by atoms with Gasteiger partial charge in [-0.1, -0.05) is 23.2 Å². The number of nitrogens with zero attached hydrogens (tertiary/aromatic N) is 2. The van der Waals surface area contributed by atoms with Crippen LogP contribution in [0.5, 0.6) is 0 Å². The summed E-state index contributed by atoms with van der Waals surface area (Å²) in [7, 11) is 0. The number of carboxylic acid groups (broad SMARTS) is 1. The average Bonchev–Trinajstić information content (AvgIpc) is 3.11. The zero-order valence-corrected chi connectivity index (χ0v) is 15.9. The van der Waals surface area contributed by atoms with Gasteiger partial charge in [-0.3, -0.25) is 0 Å². The third-order valence-electron chi connectivity index (χ3n) is 5.77. The van der Waals surface area contributed by atoms with Gasteiger partial charge in [-0.15, -0.1) is 0 Å².